The topological polar surface area (TPSA) is 38.0 Å². The summed E-state index contributed by atoms with van der Waals surface area (Å²) < 4.78 is 2.21. The molecule has 0 fully saturated rings. The van der Waals surface area contributed by atoms with Crippen molar-refractivity contribution in [1.82, 2.24) is 9.55 Å². The van der Waals surface area contributed by atoms with Crippen LogP contribution in [0.1, 0.15) is 25.3 Å². The van der Waals surface area contributed by atoms with Crippen LogP contribution in [-0.2, 0) is 6.42 Å². The van der Waals surface area contributed by atoms with Gasteiger partial charge in [-0.2, -0.15) is 0 Å². The molecule has 0 aliphatic rings. The van der Waals surface area contributed by atoms with Crippen LogP contribution in [0.25, 0.3) is 49.7 Å². The monoisotopic (exact) mass is 442 g/mol. The molecule has 5 aromatic carbocycles. The van der Waals surface area contributed by atoms with Crippen LogP contribution in [-0.4, -0.2) is 14.7 Å². The molecular formula is C31H26N2O. The Morgan fingerprint density at radius 2 is 1.32 bits per heavy atom. The first-order valence-electron chi connectivity index (χ1n) is 12.0. The highest BCUT2D eigenvalue weighted by Gasteiger charge is 2.21. The number of aryl methyl sites for hydroxylation is 1. The minimum Gasteiger partial charge on any atom is -0.507 e. The Bertz CT molecular complexity index is 1640. The SMILES string of the molecule is CCCCc1ccc(-n2c(-c3ccccc3O)nc3c4ccccc4c4ccccc4c32)cc1. The third-order valence-corrected chi connectivity index (χ3v) is 6.69. The second-order valence-electron chi connectivity index (χ2n) is 8.85. The summed E-state index contributed by atoms with van der Waals surface area (Å²) in [5, 5.41) is 15.4. The Morgan fingerprint density at radius 1 is 0.706 bits per heavy atom. The lowest BCUT2D eigenvalue weighted by Crippen LogP contribution is -1.99. The number of nitrogens with zero attached hydrogens (tertiary/aromatic N) is 2. The van der Waals surface area contributed by atoms with Crippen molar-refractivity contribution in [2.75, 3.05) is 0 Å². The lowest BCUT2D eigenvalue weighted by atomic mass is 10.00. The highest BCUT2D eigenvalue weighted by Crippen LogP contribution is 2.40. The number of imidazole rings is 1. The van der Waals surface area contributed by atoms with Crippen molar-refractivity contribution >= 4 is 32.6 Å². The summed E-state index contributed by atoms with van der Waals surface area (Å²) in [7, 11) is 0. The van der Waals surface area contributed by atoms with Gasteiger partial charge in [-0.25, -0.2) is 4.98 Å². The van der Waals surface area contributed by atoms with Crippen molar-refractivity contribution in [3.05, 3.63) is 103 Å². The predicted octanol–water partition coefficient (Wildman–Crippen LogP) is 8.05. The summed E-state index contributed by atoms with van der Waals surface area (Å²) in [6.45, 7) is 2.22. The van der Waals surface area contributed by atoms with Crippen molar-refractivity contribution in [2.45, 2.75) is 26.2 Å². The van der Waals surface area contributed by atoms with Crippen LogP contribution in [0.4, 0.5) is 0 Å². The Kier molecular flexibility index (Phi) is 5.03. The fourth-order valence-corrected chi connectivity index (χ4v) is 4.99. The van der Waals surface area contributed by atoms with Crippen LogP contribution in [0.2, 0.25) is 0 Å². The fourth-order valence-electron chi connectivity index (χ4n) is 4.99. The summed E-state index contributed by atoms with van der Waals surface area (Å²) in [5.74, 6) is 0.975. The molecule has 1 aromatic heterocycles. The number of hydrogen-bond acceptors (Lipinski definition) is 2. The molecule has 0 amide bonds. The van der Waals surface area contributed by atoms with E-state index in [0.29, 0.717) is 0 Å². The zero-order chi connectivity index (χ0) is 23.1. The summed E-state index contributed by atoms with van der Waals surface area (Å²) >= 11 is 0. The summed E-state index contributed by atoms with van der Waals surface area (Å²) in [6, 6.07) is 33.2. The molecule has 166 valence electrons. The standard InChI is InChI=1S/C31H26N2O/c1-2-3-10-21-17-19-22(20-18-21)33-30-26-14-7-5-12-24(26)23-11-4-6-13-25(23)29(30)32-31(33)27-15-8-9-16-28(27)34/h4-9,11-20,34H,2-3,10H2,1H3. The van der Waals surface area contributed by atoms with Crippen LogP contribution in [0.3, 0.4) is 0 Å². The zero-order valence-electron chi connectivity index (χ0n) is 19.2. The number of benzene rings is 5. The second kappa shape index (κ2) is 8.35. The number of phenolic OH excluding ortho intramolecular Hbond substituents is 1. The quantitative estimate of drug-likeness (QED) is 0.274. The van der Waals surface area contributed by atoms with Crippen LogP contribution in [0.15, 0.2) is 97.1 Å². The van der Waals surface area contributed by atoms with Gasteiger partial charge in [0.15, 0.2) is 0 Å². The number of unbranched alkanes of at least 4 members (excludes halogenated alkanes) is 1. The molecule has 1 heterocycles. The molecular weight excluding hydrogens is 416 g/mol. The van der Waals surface area contributed by atoms with Gasteiger partial charge in [0.25, 0.3) is 0 Å². The van der Waals surface area contributed by atoms with E-state index in [2.05, 4.69) is 84.3 Å². The number of phenols is 1. The van der Waals surface area contributed by atoms with E-state index in [1.54, 1.807) is 6.07 Å². The number of rotatable bonds is 5. The molecule has 0 atom stereocenters. The van der Waals surface area contributed by atoms with E-state index in [4.69, 9.17) is 4.98 Å². The molecule has 0 aliphatic carbocycles. The highest BCUT2D eigenvalue weighted by atomic mass is 16.3. The number of aromatic hydroxyl groups is 1. The van der Waals surface area contributed by atoms with Crippen molar-refractivity contribution < 1.29 is 5.11 Å². The smallest absolute Gasteiger partial charge is 0.149 e. The molecule has 34 heavy (non-hydrogen) atoms. The van der Waals surface area contributed by atoms with Crippen molar-refractivity contribution in [1.29, 1.82) is 0 Å². The molecule has 3 heteroatoms. The molecule has 0 spiro atoms. The maximum atomic E-state index is 10.8. The Balaban J connectivity index is 1.74. The van der Waals surface area contributed by atoms with Gasteiger partial charge < -0.3 is 5.11 Å². The molecule has 0 aliphatic heterocycles. The van der Waals surface area contributed by atoms with E-state index in [1.165, 1.54) is 29.2 Å². The first-order chi connectivity index (χ1) is 16.8. The number of aromatic nitrogens is 2. The highest BCUT2D eigenvalue weighted by molar-refractivity contribution is 6.24. The van der Waals surface area contributed by atoms with Gasteiger partial charge in [0.2, 0.25) is 0 Å². The summed E-state index contributed by atoms with van der Waals surface area (Å²) in [4.78, 5) is 5.17. The molecule has 3 nitrogen and oxygen atoms in total. The summed E-state index contributed by atoms with van der Waals surface area (Å²) in [6.07, 6.45) is 3.46. The van der Waals surface area contributed by atoms with Crippen LogP contribution < -0.4 is 0 Å². The van der Waals surface area contributed by atoms with Gasteiger partial charge in [-0.15, -0.1) is 0 Å². The zero-order valence-corrected chi connectivity index (χ0v) is 19.2. The molecule has 0 saturated heterocycles. The van der Waals surface area contributed by atoms with Crippen LogP contribution in [0, 0.1) is 0 Å². The Morgan fingerprint density at radius 3 is 2.03 bits per heavy atom. The van der Waals surface area contributed by atoms with E-state index in [-0.39, 0.29) is 5.75 Å². The van der Waals surface area contributed by atoms with Gasteiger partial charge >= 0.3 is 0 Å². The van der Waals surface area contributed by atoms with Crippen LogP contribution >= 0.6 is 0 Å². The molecule has 0 bridgehead atoms. The van der Waals surface area contributed by atoms with Crippen molar-refractivity contribution in [2.24, 2.45) is 0 Å². The molecule has 0 radical (unpaired) electrons. The molecule has 1 N–H and O–H groups in total. The van der Waals surface area contributed by atoms with Gasteiger partial charge in [-0.1, -0.05) is 86.1 Å². The lowest BCUT2D eigenvalue weighted by molar-refractivity contribution is 0.477. The van der Waals surface area contributed by atoms with E-state index >= 15 is 0 Å². The van der Waals surface area contributed by atoms with E-state index in [0.717, 1.165) is 45.3 Å². The van der Waals surface area contributed by atoms with Gasteiger partial charge in [0.05, 0.1) is 16.6 Å². The molecule has 0 saturated carbocycles. The van der Waals surface area contributed by atoms with Gasteiger partial charge in [-0.3, -0.25) is 4.57 Å². The maximum absolute atomic E-state index is 10.8. The third-order valence-electron chi connectivity index (χ3n) is 6.69. The summed E-state index contributed by atoms with van der Waals surface area (Å²) in [5.41, 5.74) is 5.12. The molecule has 0 unspecified atom stereocenters. The number of para-hydroxylation sites is 1. The van der Waals surface area contributed by atoms with Gasteiger partial charge in [0.1, 0.15) is 11.6 Å². The van der Waals surface area contributed by atoms with E-state index in [1.807, 2.05) is 18.2 Å². The lowest BCUT2D eigenvalue weighted by Gasteiger charge is -2.13. The second-order valence-corrected chi connectivity index (χ2v) is 8.85. The average molecular weight is 443 g/mol. The first kappa shape index (κ1) is 20.5. The first-order valence-corrected chi connectivity index (χ1v) is 12.0. The minimum atomic E-state index is 0.229. The third kappa shape index (κ3) is 3.24. The molecule has 6 rings (SSSR count). The maximum Gasteiger partial charge on any atom is 0.149 e. The van der Waals surface area contributed by atoms with E-state index in [9.17, 15) is 5.11 Å². The Labute approximate surface area is 198 Å². The fraction of sp³-hybridized carbons (Fsp3) is 0.129. The Hall–Kier alpha value is -4.11. The minimum absolute atomic E-state index is 0.229. The van der Waals surface area contributed by atoms with Crippen LogP contribution in [0.5, 0.6) is 5.75 Å². The predicted molar refractivity (Wildman–Crippen MR) is 142 cm³/mol. The van der Waals surface area contributed by atoms with Crippen molar-refractivity contribution in [3.63, 3.8) is 0 Å². The number of hydrogen-bond donors (Lipinski definition) is 1. The van der Waals surface area contributed by atoms with Gasteiger partial charge in [0, 0.05) is 16.5 Å². The van der Waals surface area contributed by atoms with E-state index < -0.39 is 0 Å². The largest absolute Gasteiger partial charge is 0.507 e. The van der Waals surface area contributed by atoms with Crippen molar-refractivity contribution in [3.8, 4) is 22.8 Å². The normalized spacial score (nSPS) is 11.6. The number of fused-ring (bicyclic) bond motifs is 6. The average Bonchev–Trinajstić information content (AvgIpc) is 3.29. The van der Waals surface area contributed by atoms with Gasteiger partial charge in [-0.05, 0) is 53.4 Å². The molecule has 6 aromatic rings.